The highest BCUT2D eigenvalue weighted by Gasteiger charge is 2.19. The number of sulfonamides is 1. The highest BCUT2D eigenvalue weighted by Crippen LogP contribution is 2.28. The fourth-order valence-electron chi connectivity index (χ4n) is 1.61. The summed E-state index contributed by atoms with van der Waals surface area (Å²) in [6.07, 6.45) is 0. The second kappa shape index (κ2) is 5.78. The maximum absolute atomic E-state index is 13.7. The van der Waals surface area contributed by atoms with Crippen LogP contribution in [0.5, 0.6) is 5.75 Å². The van der Waals surface area contributed by atoms with Gasteiger partial charge in [-0.05, 0) is 34.5 Å². The first kappa shape index (κ1) is 14.8. The molecule has 20 heavy (non-hydrogen) atoms. The lowest BCUT2D eigenvalue weighted by Gasteiger charge is -2.10. The van der Waals surface area contributed by atoms with Gasteiger partial charge in [-0.15, -0.1) is 0 Å². The van der Waals surface area contributed by atoms with Crippen LogP contribution in [0.1, 0.15) is 5.56 Å². The Hall–Kier alpha value is -1.64. The van der Waals surface area contributed by atoms with Crippen LogP contribution in [0.2, 0.25) is 0 Å². The summed E-state index contributed by atoms with van der Waals surface area (Å²) in [5, 5.41) is 3.67. The standard InChI is InChI=1S/C12H13FN2O3S2/c1-18-12-10(13)4-9(5-11(12)14)20(16,17)15-6-8-2-3-19-7-8/h2-5,7,15H,6,14H2,1H3. The largest absolute Gasteiger partial charge is 0.492 e. The number of methoxy groups -OCH3 is 1. The lowest BCUT2D eigenvalue weighted by atomic mass is 10.3. The van der Waals surface area contributed by atoms with E-state index in [1.807, 2.05) is 10.8 Å². The predicted molar refractivity (Wildman–Crippen MR) is 75.7 cm³/mol. The highest BCUT2D eigenvalue weighted by molar-refractivity contribution is 7.89. The summed E-state index contributed by atoms with van der Waals surface area (Å²) < 4.78 is 44.9. The SMILES string of the molecule is COc1c(N)cc(S(=O)(=O)NCc2ccsc2)cc1F. The van der Waals surface area contributed by atoms with Crippen LogP contribution >= 0.6 is 11.3 Å². The number of halogens is 1. The van der Waals surface area contributed by atoms with Gasteiger partial charge in [-0.25, -0.2) is 17.5 Å². The van der Waals surface area contributed by atoms with E-state index in [1.54, 1.807) is 6.07 Å². The molecule has 1 aromatic carbocycles. The second-order valence-electron chi connectivity index (χ2n) is 3.98. The molecular formula is C12H13FN2O3S2. The molecule has 0 bridgehead atoms. The van der Waals surface area contributed by atoms with E-state index in [1.165, 1.54) is 18.4 Å². The molecule has 0 atom stereocenters. The Morgan fingerprint density at radius 1 is 1.45 bits per heavy atom. The third-order valence-electron chi connectivity index (χ3n) is 2.61. The van der Waals surface area contributed by atoms with E-state index in [9.17, 15) is 12.8 Å². The average Bonchev–Trinajstić information content (AvgIpc) is 2.89. The van der Waals surface area contributed by atoms with Gasteiger partial charge in [-0.2, -0.15) is 11.3 Å². The molecule has 5 nitrogen and oxygen atoms in total. The number of anilines is 1. The van der Waals surface area contributed by atoms with Gasteiger partial charge in [0.2, 0.25) is 10.0 Å². The van der Waals surface area contributed by atoms with E-state index in [0.29, 0.717) is 0 Å². The molecule has 2 aromatic rings. The van der Waals surface area contributed by atoms with Crippen molar-refractivity contribution < 1.29 is 17.5 Å². The molecule has 8 heteroatoms. The molecule has 0 aliphatic carbocycles. The molecule has 1 heterocycles. The van der Waals surface area contributed by atoms with Crippen LogP contribution in [0.4, 0.5) is 10.1 Å². The number of benzene rings is 1. The molecule has 3 N–H and O–H groups in total. The fraction of sp³-hybridized carbons (Fsp3) is 0.167. The van der Waals surface area contributed by atoms with Crippen LogP contribution in [0.25, 0.3) is 0 Å². The van der Waals surface area contributed by atoms with Crippen LogP contribution in [-0.4, -0.2) is 15.5 Å². The van der Waals surface area contributed by atoms with Gasteiger partial charge in [0.1, 0.15) is 0 Å². The molecule has 1 aromatic heterocycles. The molecular weight excluding hydrogens is 303 g/mol. The van der Waals surface area contributed by atoms with E-state index in [-0.39, 0.29) is 22.9 Å². The summed E-state index contributed by atoms with van der Waals surface area (Å²) in [4.78, 5) is -0.233. The molecule has 0 aliphatic heterocycles. The van der Waals surface area contributed by atoms with Crippen LogP contribution in [-0.2, 0) is 16.6 Å². The van der Waals surface area contributed by atoms with Crippen molar-refractivity contribution in [2.24, 2.45) is 0 Å². The Bertz CT molecular complexity index is 676. The Kier molecular flexibility index (Phi) is 4.26. The number of ether oxygens (including phenoxy) is 1. The summed E-state index contributed by atoms with van der Waals surface area (Å²) >= 11 is 1.46. The number of nitrogens with one attached hydrogen (secondary N) is 1. The van der Waals surface area contributed by atoms with Gasteiger partial charge in [0.25, 0.3) is 0 Å². The van der Waals surface area contributed by atoms with Gasteiger partial charge < -0.3 is 10.5 Å². The smallest absolute Gasteiger partial charge is 0.241 e. The zero-order valence-electron chi connectivity index (χ0n) is 10.6. The summed E-state index contributed by atoms with van der Waals surface area (Å²) in [5.41, 5.74) is 6.33. The van der Waals surface area contributed by atoms with Crippen LogP contribution in [0.15, 0.2) is 33.9 Å². The Morgan fingerprint density at radius 3 is 2.75 bits per heavy atom. The van der Waals surface area contributed by atoms with Crippen LogP contribution < -0.4 is 15.2 Å². The van der Waals surface area contributed by atoms with Gasteiger partial charge in [0.05, 0.1) is 17.7 Å². The maximum Gasteiger partial charge on any atom is 0.241 e. The Labute approximate surface area is 120 Å². The van der Waals surface area contributed by atoms with Crippen LogP contribution in [0.3, 0.4) is 0 Å². The molecule has 0 amide bonds. The topological polar surface area (TPSA) is 81.4 Å². The summed E-state index contributed by atoms with van der Waals surface area (Å²) in [5.74, 6) is -0.981. The number of rotatable bonds is 5. The molecule has 0 saturated heterocycles. The van der Waals surface area contributed by atoms with Crippen molar-refractivity contribution in [3.05, 3.63) is 40.3 Å². The van der Waals surface area contributed by atoms with Crippen molar-refractivity contribution >= 4 is 27.0 Å². The average molecular weight is 316 g/mol. The number of thiophene rings is 1. The Balaban J connectivity index is 2.25. The second-order valence-corrected chi connectivity index (χ2v) is 6.53. The van der Waals surface area contributed by atoms with Crippen molar-refractivity contribution in [1.82, 2.24) is 4.72 Å². The van der Waals surface area contributed by atoms with Gasteiger partial charge in [-0.1, -0.05) is 0 Å². The normalized spacial score (nSPS) is 11.5. The molecule has 0 saturated carbocycles. The maximum atomic E-state index is 13.7. The molecule has 0 unspecified atom stereocenters. The van der Waals surface area contributed by atoms with Crippen molar-refractivity contribution in [3.8, 4) is 5.75 Å². The van der Waals surface area contributed by atoms with Gasteiger partial charge >= 0.3 is 0 Å². The molecule has 2 rings (SSSR count). The van der Waals surface area contributed by atoms with E-state index in [4.69, 9.17) is 10.5 Å². The lowest BCUT2D eigenvalue weighted by Crippen LogP contribution is -2.23. The molecule has 0 fully saturated rings. The molecule has 0 aliphatic rings. The Morgan fingerprint density at radius 2 is 2.20 bits per heavy atom. The molecule has 0 spiro atoms. The number of hydrogen-bond acceptors (Lipinski definition) is 5. The third-order valence-corrected chi connectivity index (χ3v) is 4.72. The van der Waals surface area contributed by atoms with Crippen molar-refractivity contribution in [2.45, 2.75) is 11.4 Å². The van der Waals surface area contributed by atoms with E-state index >= 15 is 0 Å². The minimum absolute atomic E-state index is 0.0663. The first-order chi connectivity index (χ1) is 9.44. The van der Waals surface area contributed by atoms with Crippen molar-refractivity contribution in [1.29, 1.82) is 0 Å². The van der Waals surface area contributed by atoms with Crippen molar-refractivity contribution in [3.63, 3.8) is 0 Å². The van der Waals surface area contributed by atoms with Crippen molar-refractivity contribution in [2.75, 3.05) is 12.8 Å². The summed E-state index contributed by atoms with van der Waals surface area (Å²) in [7, 11) is -2.57. The zero-order chi connectivity index (χ0) is 14.8. The minimum atomic E-state index is -3.83. The first-order valence-corrected chi connectivity index (χ1v) is 8.00. The van der Waals surface area contributed by atoms with Gasteiger partial charge in [0.15, 0.2) is 11.6 Å². The minimum Gasteiger partial charge on any atom is -0.492 e. The van der Waals surface area contributed by atoms with Crippen LogP contribution in [0, 0.1) is 5.82 Å². The summed E-state index contributed by atoms with van der Waals surface area (Å²) in [6, 6.07) is 3.85. The van der Waals surface area contributed by atoms with E-state index in [2.05, 4.69) is 4.72 Å². The number of hydrogen-bond donors (Lipinski definition) is 2. The quantitative estimate of drug-likeness (QED) is 0.826. The van der Waals surface area contributed by atoms with E-state index in [0.717, 1.165) is 17.7 Å². The predicted octanol–water partition coefficient (Wildman–Crippen LogP) is 1.96. The number of nitrogens with two attached hydrogens (primary N) is 1. The fourth-order valence-corrected chi connectivity index (χ4v) is 3.35. The zero-order valence-corrected chi connectivity index (χ0v) is 12.2. The molecule has 0 radical (unpaired) electrons. The number of nitrogen functional groups attached to an aromatic ring is 1. The highest BCUT2D eigenvalue weighted by atomic mass is 32.2. The summed E-state index contributed by atoms with van der Waals surface area (Å²) in [6.45, 7) is 0.138. The monoisotopic (exact) mass is 316 g/mol. The molecule has 108 valence electrons. The van der Waals surface area contributed by atoms with Gasteiger partial charge in [-0.3, -0.25) is 0 Å². The lowest BCUT2D eigenvalue weighted by molar-refractivity contribution is 0.388. The van der Waals surface area contributed by atoms with E-state index < -0.39 is 15.8 Å². The van der Waals surface area contributed by atoms with Gasteiger partial charge in [0, 0.05) is 6.54 Å². The first-order valence-electron chi connectivity index (χ1n) is 5.58. The third kappa shape index (κ3) is 3.09.